The Morgan fingerprint density at radius 2 is 1.84 bits per heavy atom. The van der Waals surface area contributed by atoms with Crippen LogP contribution >= 0.6 is 0 Å². The molecule has 0 aromatic heterocycles. The summed E-state index contributed by atoms with van der Waals surface area (Å²) in [6.07, 6.45) is 0. The predicted octanol–water partition coefficient (Wildman–Crippen LogP) is 2.74. The van der Waals surface area contributed by atoms with Gasteiger partial charge in [0.15, 0.2) is 0 Å². The van der Waals surface area contributed by atoms with Gasteiger partial charge >= 0.3 is 6.61 Å². The number of alkyl halides is 2. The molecule has 31 heavy (non-hydrogen) atoms. The summed E-state index contributed by atoms with van der Waals surface area (Å²) < 4.78 is 56.7. The van der Waals surface area contributed by atoms with E-state index in [1.165, 1.54) is 28.6 Å². The first-order valence-corrected chi connectivity index (χ1v) is 10.9. The molecule has 1 heterocycles. The van der Waals surface area contributed by atoms with E-state index in [4.69, 9.17) is 0 Å². The molecule has 2 aromatic carbocycles. The lowest BCUT2D eigenvalue weighted by Crippen LogP contribution is -2.47. The highest BCUT2D eigenvalue weighted by Gasteiger charge is 2.29. The van der Waals surface area contributed by atoms with Gasteiger partial charge in [0.25, 0.3) is 5.69 Å². The number of rotatable bonds is 8. The predicted molar refractivity (Wildman–Crippen MR) is 110 cm³/mol. The lowest BCUT2D eigenvalue weighted by atomic mass is 10.2. The fourth-order valence-electron chi connectivity index (χ4n) is 3.20. The van der Waals surface area contributed by atoms with Gasteiger partial charge in [-0.3, -0.25) is 10.1 Å². The molecule has 0 spiro atoms. The maximum absolute atomic E-state index is 12.9. The largest absolute Gasteiger partial charge is 0.434 e. The maximum atomic E-state index is 12.9. The number of benzene rings is 2. The molecule has 12 heteroatoms. The van der Waals surface area contributed by atoms with Crippen molar-refractivity contribution in [2.24, 2.45) is 0 Å². The van der Waals surface area contributed by atoms with Crippen LogP contribution in [0.1, 0.15) is 5.56 Å². The third-order valence-electron chi connectivity index (χ3n) is 4.92. The molecule has 2 aromatic rings. The van der Waals surface area contributed by atoms with Gasteiger partial charge < -0.3 is 15.0 Å². The maximum Gasteiger partial charge on any atom is 0.387 e. The molecule has 0 aliphatic carbocycles. The zero-order valence-corrected chi connectivity index (χ0v) is 17.5. The van der Waals surface area contributed by atoms with Gasteiger partial charge in [-0.15, -0.1) is 0 Å². The minimum Gasteiger partial charge on any atom is -0.434 e. The zero-order chi connectivity index (χ0) is 22.6. The number of para-hydroxylation sites is 1. The van der Waals surface area contributed by atoms with Crippen molar-refractivity contribution >= 4 is 21.4 Å². The van der Waals surface area contributed by atoms with Gasteiger partial charge in [-0.05, 0) is 25.2 Å². The van der Waals surface area contributed by atoms with Gasteiger partial charge in [-0.2, -0.15) is 13.1 Å². The molecule has 0 amide bonds. The van der Waals surface area contributed by atoms with Crippen LogP contribution in [-0.4, -0.2) is 62.4 Å². The number of hydrogen-bond acceptors (Lipinski definition) is 7. The van der Waals surface area contributed by atoms with Crippen LogP contribution in [0.3, 0.4) is 0 Å². The van der Waals surface area contributed by atoms with Crippen LogP contribution in [0.25, 0.3) is 0 Å². The molecule has 9 nitrogen and oxygen atoms in total. The Labute approximate surface area is 178 Å². The van der Waals surface area contributed by atoms with Crippen molar-refractivity contribution in [1.82, 2.24) is 9.21 Å². The van der Waals surface area contributed by atoms with Crippen LogP contribution in [-0.2, 0) is 16.6 Å². The average molecular weight is 456 g/mol. The zero-order valence-electron chi connectivity index (χ0n) is 16.7. The normalized spacial score (nSPS) is 15.7. The molecule has 0 bridgehead atoms. The number of nitro groups is 1. The molecule has 0 saturated carbocycles. The van der Waals surface area contributed by atoms with Gasteiger partial charge in [0.2, 0.25) is 10.0 Å². The molecular weight excluding hydrogens is 434 g/mol. The average Bonchev–Trinajstić information content (AvgIpc) is 2.73. The molecule has 1 N–H and O–H groups in total. The third-order valence-corrected chi connectivity index (χ3v) is 6.82. The number of likely N-dealkylation sites (N-methyl/N-ethyl adjacent to an activating group) is 1. The molecule has 168 valence electrons. The molecule has 1 aliphatic heterocycles. The number of nitrogens with zero attached hydrogens (tertiary/aromatic N) is 3. The summed E-state index contributed by atoms with van der Waals surface area (Å²) in [5.41, 5.74) is 0.00266. The fourth-order valence-corrected chi connectivity index (χ4v) is 4.64. The Bertz CT molecular complexity index is 1040. The van der Waals surface area contributed by atoms with E-state index in [0.717, 1.165) is 6.07 Å². The first-order chi connectivity index (χ1) is 14.7. The third kappa shape index (κ3) is 5.46. The van der Waals surface area contributed by atoms with Crippen LogP contribution in [0, 0.1) is 10.1 Å². The van der Waals surface area contributed by atoms with Crippen LogP contribution < -0.4 is 10.1 Å². The summed E-state index contributed by atoms with van der Waals surface area (Å²) in [7, 11) is -1.99. The van der Waals surface area contributed by atoms with E-state index in [2.05, 4.69) is 10.1 Å². The quantitative estimate of drug-likeness (QED) is 0.481. The first kappa shape index (κ1) is 22.8. The molecule has 0 radical (unpaired) electrons. The van der Waals surface area contributed by atoms with E-state index in [1.54, 1.807) is 12.1 Å². The molecule has 1 saturated heterocycles. The Hall–Kier alpha value is -2.83. The molecule has 0 atom stereocenters. The highest BCUT2D eigenvalue weighted by atomic mass is 32.2. The number of anilines is 1. The van der Waals surface area contributed by atoms with Gasteiger partial charge in [-0.25, -0.2) is 8.42 Å². The number of hydrogen-bond donors (Lipinski definition) is 1. The number of nitro benzene ring substituents is 1. The van der Waals surface area contributed by atoms with Crippen LogP contribution in [0.5, 0.6) is 5.75 Å². The van der Waals surface area contributed by atoms with Gasteiger partial charge in [0.1, 0.15) is 11.4 Å². The minimum absolute atomic E-state index is 0.0334. The molecule has 3 rings (SSSR count). The Kier molecular flexibility index (Phi) is 7.03. The summed E-state index contributed by atoms with van der Waals surface area (Å²) in [5, 5.41) is 14.4. The van der Waals surface area contributed by atoms with Crippen molar-refractivity contribution in [3.05, 3.63) is 58.1 Å². The molecule has 1 aliphatic rings. The number of piperazine rings is 1. The number of nitrogens with one attached hydrogen (secondary N) is 1. The summed E-state index contributed by atoms with van der Waals surface area (Å²) in [5.74, 6) is -0.0538. The van der Waals surface area contributed by atoms with E-state index in [9.17, 15) is 27.3 Å². The van der Waals surface area contributed by atoms with Gasteiger partial charge in [-0.1, -0.05) is 18.2 Å². The Morgan fingerprint density at radius 3 is 2.48 bits per heavy atom. The van der Waals surface area contributed by atoms with Gasteiger partial charge in [0, 0.05) is 44.4 Å². The molecular formula is C19H22F2N4O5S. The van der Waals surface area contributed by atoms with E-state index in [1.807, 2.05) is 11.9 Å². The number of ether oxygens (including phenoxy) is 1. The highest BCUT2D eigenvalue weighted by molar-refractivity contribution is 7.89. The van der Waals surface area contributed by atoms with Crippen molar-refractivity contribution in [1.29, 1.82) is 0 Å². The Morgan fingerprint density at radius 1 is 1.16 bits per heavy atom. The van der Waals surface area contributed by atoms with Crippen LogP contribution in [0.2, 0.25) is 0 Å². The lowest BCUT2D eigenvalue weighted by Gasteiger charge is -2.31. The van der Waals surface area contributed by atoms with E-state index >= 15 is 0 Å². The minimum atomic E-state index is -3.87. The van der Waals surface area contributed by atoms with Crippen LogP contribution in [0.15, 0.2) is 47.4 Å². The Balaban J connectivity index is 1.83. The van der Waals surface area contributed by atoms with Crippen molar-refractivity contribution in [3.8, 4) is 5.75 Å². The second kappa shape index (κ2) is 9.54. The summed E-state index contributed by atoms with van der Waals surface area (Å²) >= 11 is 0. The second-order valence-electron chi connectivity index (χ2n) is 6.98. The monoisotopic (exact) mass is 456 g/mol. The standard InChI is InChI=1S/C19H22F2N4O5S/c1-23-8-10-24(11-9-23)31(28,29)15-6-7-16(17(12-15)25(26)27)22-13-14-4-2-3-5-18(14)30-19(20)21/h2-7,12,19,22H,8-11,13H2,1H3. The second-order valence-corrected chi connectivity index (χ2v) is 8.92. The van der Waals surface area contributed by atoms with Crippen molar-refractivity contribution in [3.63, 3.8) is 0 Å². The van der Waals surface area contributed by atoms with Crippen LogP contribution in [0.4, 0.5) is 20.2 Å². The molecule has 1 fully saturated rings. The highest BCUT2D eigenvalue weighted by Crippen LogP contribution is 2.30. The van der Waals surface area contributed by atoms with Gasteiger partial charge in [0.05, 0.1) is 9.82 Å². The fraction of sp³-hybridized carbons (Fsp3) is 0.368. The van der Waals surface area contributed by atoms with Crippen molar-refractivity contribution < 1.29 is 26.9 Å². The van der Waals surface area contributed by atoms with Crippen molar-refractivity contribution in [2.75, 3.05) is 38.5 Å². The SMILES string of the molecule is CN1CCN(S(=O)(=O)c2ccc(NCc3ccccc3OC(F)F)c([N+](=O)[O-])c2)CC1. The molecule has 0 unspecified atom stereocenters. The topological polar surface area (TPSA) is 105 Å². The van der Waals surface area contributed by atoms with Crippen molar-refractivity contribution in [2.45, 2.75) is 18.1 Å². The smallest absolute Gasteiger partial charge is 0.387 e. The lowest BCUT2D eigenvalue weighted by molar-refractivity contribution is -0.384. The number of halogens is 2. The van der Waals surface area contributed by atoms with E-state index < -0.39 is 27.2 Å². The summed E-state index contributed by atoms with van der Waals surface area (Å²) in [6, 6.07) is 9.67. The summed E-state index contributed by atoms with van der Waals surface area (Å²) in [6.45, 7) is -1.30. The number of sulfonamides is 1. The van der Waals surface area contributed by atoms with E-state index in [-0.39, 0.29) is 22.9 Å². The first-order valence-electron chi connectivity index (χ1n) is 9.42. The summed E-state index contributed by atoms with van der Waals surface area (Å²) in [4.78, 5) is 12.7. The van der Waals surface area contributed by atoms with E-state index in [0.29, 0.717) is 31.7 Å².